The van der Waals surface area contributed by atoms with Crippen molar-refractivity contribution in [2.75, 3.05) is 37.8 Å². The minimum Gasteiger partial charge on any atom is -0.390 e. The molecule has 2 saturated heterocycles. The van der Waals surface area contributed by atoms with E-state index in [0.29, 0.717) is 6.42 Å². The quantitative estimate of drug-likeness (QED) is 0.0254. The fourth-order valence-electron chi connectivity index (χ4n) is 8.83. The van der Waals surface area contributed by atoms with E-state index in [-0.39, 0.29) is 78.2 Å². The lowest BCUT2D eigenvalue weighted by atomic mass is 9.87. The number of imidazole rings is 1. The molecule has 0 spiro atoms. The topological polar surface area (TPSA) is 440 Å². The minimum absolute atomic E-state index is 0.0130. The zero-order valence-electron chi connectivity index (χ0n) is 46.3. The number of aliphatic hydroxyl groups is 4. The second-order valence-corrected chi connectivity index (χ2v) is 26.4. The van der Waals surface area contributed by atoms with Crippen LogP contribution in [0.25, 0.3) is 11.2 Å². The number of anilines is 1. The maximum absolute atomic E-state index is 12.8. The van der Waals surface area contributed by atoms with Crippen molar-refractivity contribution in [2.45, 2.75) is 211 Å². The molecule has 464 valence electrons. The van der Waals surface area contributed by atoms with Gasteiger partial charge in [-0.15, -0.1) is 0 Å². The smallest absolute Gasteiger partial charge is 0.390 e. The number of carbonyl (C=O) groups is 4. The lowest BCUT2D eigenvalue weighted by molar-refractivity contribution is -0.273. The molecule has 29 nitrogen and oxygen atoms in total. The van der Waals surface area contributed by atoms with Gasteiger partial charge >= 0.3 is 23.5 Å². The molecule has 33 heteroatoms. The lowest BCUT2D eigenvalue weighted by Crippen LogP contribution is -2.48. The van der Waals surface area contributed by atoms with Gasteiger partial charge in [-0.25, -0.2) is 28.6 Å². The lowest BCUT2D eigenvalue weighted by Gasteiger charge is -2.36. The first-order chi connectivity index (χ1) is 38.1. The van der Waals surface area contributed by atoms with E-state index in [1.807, 2.05) is 6.92 Å². The Labute approximate surface area is 475 Å². The minimum atomic E-state index is -5.60. The normalized spacial score (nSPS) is 23.9. The van der Waals surface area contributed by atoms with Crippen LogP contribution in [0.1, 0.15) is 156 Å². The number of Topliss-reactive ketones (excluding diaryl/α,β-unsaturated/α-hetero) is 1. The number of unbranched alkanes of at least 4 members (excludes halogenated alkanes) is 13. The fourth-order valence-corrected chi connectivity index (χ4v) is 12.4. The predicted molar refractivity (Wildman–Crippen MR) is 292 cm³/mol. The summed E-state index contributed by atoms with van der Waals surface area (Å²) < 4.78 is 74.0. The molecule has 2 fully saturated rings. The van der Waals surface area contributed by atoms with Crippen molar-refractivity contribution >= 4 is 74.9 Å². The summed E-state index contributed by atoms with van der Waals surface area (Å²) in [7, 11) is -16.5. The van der Waals surface area contributed by atoms with Gasteiger partial charge in [0.25, 0.3) is 0 Å². The maximum atomic E-state index is 12.8. The number of nitrogens with two attached hydrogens (primary N) is 1. The molecule has 0 aliphatic carbocycles. The number of nitrogen functional groups attached to an aromatic ring is 1. The molecule has 0 aromatic carbocycles. The largest absolute Gasteiger partial charge is 0.481 e. The van der Waals surface area contributed by atoms with Crippen LogP contribution in [-0.4, -0.2) is 169 Å². The number of nitrogens with one attached hydrogen (secondary N) is 2. The maximum Gasteiger partial charge on any atom is 0.481 e. The van der Waals surface area contributed by atoms with E-state index in [9.17, 15) is 72.9 Å². The highest BCUT2D eigenvalue weighted by molar-refractivity contribution is 8.13. The van der Waals surface area contributed by atoms with Crippen LogP contribution in [0, 0.1) is 5.41 Å². The summed E-state index contributed by atoms with van der Waals surface area (Å²) in [5.41, 5.74) is 4.23. The van der Waals surface area contributed by atoms with Crippen LogP contribution in [0.15, 0.2) is 12.7 Å². The molecular weight excluding hydrogens is 1150 g/mol. The van der Waals surface area contributed by atoms with Crippen LogP contribution in [-0.2, 0) is 65.0 Å². The van der Waals surface area contributed by atoms with E-state index >= 15 is 0 Å². The van der Waals surface area contributed by atoms with Crippen molar-refractivity contribution < 1.29 is 105 Å². The van der Waals surface area contributed by atoms with E-state index in [1.165, 1.54) is 58.8 Å². The van der Waals surface area contributed by atoms with Gasteiger partial charge in [-0.3, -0.25) is 37.3 Å². The summed E-state index contributed by atoms with van der Waals surface area (Å²) in [5.74, 6) is -1.45. The predicted octanol–water partition coefficient (Wildman–Crippen LogP) is 4.13. The summed E-state index contributed by atoms with van der Waals surface area (Å²) in [6, 6.07) is 0. The number of aromatic nitrogens is 4. The monoisotopic (exact) mass is 1240 g/mol. The Morgan fingerprint density at radius 1 is 0.827 bits per heavy atom. The number of thioether (sulfide) groups is 1. The van der Waals surface area contributed by atoms with E-state index < -0.39 is 103 Å². The van der Waals surface area contributed by atoms with E-state index in [1.54, 1.807) is 6.92 Å². The number of hydrogen-bond acceptors (Lipinski definition) is 23. The number of carbonyl (C=O) groups excluding carboxylic acids is 4. The first-order valence-corrected chi connectivity index (χ1v) is 32.8. The number of amides is 2. The first-order valence-electron chi connectivity index (χ1n) is 27.3. The van der Waals surface area contributed by atoms with Crippen molar-refractivity contribution in [1.82, 2.24) is 30.2 Å². The summed E-state index contributed by atoms with van der Waals surface area (Å²) in [5, 5.41) is 46.2. The second kappa shape index (κ2) is 34.3. The zero-order valence-corrected chi connectivity index (χ0v) is 49.8. The number of nitrogens with zero attached hydrogens (tertiary/aromatic N) is 4. The van der Waals surface area contributed by atoms with Crippen molar-refractivity contribution in [3.8, 4) is 0 Å². The van der Waals surface area contributed by atoms with Crippen molar-refractivity contribution in [3.63, 3.8) is 0 Å². The highest BCUT2D eigenvalue weighted by Crippen LogP contribution is 2.61. The van der Waals surface area contributed by atoms with Gasteiger partial charge in [0.2, 0.25) is 11.8 Å². The molecule has 2 aliphatic rings. The Morgan fingerprint density at radius 2 is 1.43 bits per heavy atom. The van der Waals surface area contributed by atoms with Gasteiger partial charge in [0.05, 0.1) is 44.3 Å². The molecule has 2 aromatic heterocycles. The average molecular weight is 1240 g/mol. The number of phosphoric acid groups is 3. The Bertz CT molecular complexity index is 2440. The molecule has 81 heavy (non-hydrogen) atoms. The van der Waals surface area contributed by atoms with Crippen LogP contribution >= 0.6 is 35.2 Å². The molecule has 4 heterocycles. The van der Waals surface area contributed by atoms with Gasteiger partial charge in [-0.05, 0) is 26.7 Å². The zero-order chi connectivity index (χ0) is 60.0. The van der Waals surface area contributed by atoms with Gasteiger partial charge in [-0.2, -0.15) is 4.31 Å². The molecule has 2 amide bonds. The van der Waals surface area contributed by atoms with E-state index in [4.69, 9.17) is 29.0 Å². The molecule has 12 N–H and O–H groups in total. The number of ketones is 1. The molecule has 0 bridgehead atoms. The van der Waals surface area contributed by atoms with Crippen molar-refractivity contribution in [2.24, 2.45) is 5.41 Å². The third-order valence-corrected chi connectivity index (χ3v) is 17.5. The second-order valence-electron chi connectivity index (χ2n) is 21.0. The third-order valence-electron chi connectivity index (χ3n) is 13.5. The highest BCUT2D eigenvalue weighted by atomic mass is 32.2. The molecule has 12 atom stereocenters. The van der Waals surface area contributed by atoms with Gasteiger partial charge in [0.1, 0.15) is 48.1 Å². The number of fused-ring (bicyclic) bond motifs is 1. The molecule has 4 rings (SSSR count). The molecule has 2 unspecified atom stereocenters. The van der Waals surface area contributed by atoms with Crippen LogP contribution in [0.5, 0.6) is 0 Å². The SMILES string of the molecule is C[C@H](CCCCCCCCCCCCCCCCC(=O)CC(=O)SCCNC(=O)CCNC(=O)[C@H](O)C(C)(C)COP(=O)(O)OP(=O)(O)OC[C@H]1O[C@@H](n2cnc3c(N)ncnc32)[C@H](O)[C@@H]1OP(=O)(O)O)O[C@@H]1O[C@@H](C)[C@H](O)C[C@H]1O. The molecule has 0 radical (unpaired) electrons. The van der Waals surface area contributed by atoms with Crippen LogP contribution in [0.2, 0.25) is 0 Å². The van der Waals surface area contributed by atoms with Gasteiger partial charge in [-0.1, -0.05) is 109 Å². The highest BCUT2D eigenvalue weighted by Gasteiger charge is 2.50. The first kappa shape index (κ1) is 70.6. The van der Waals surface area contributed by atoms with Crippen molar-refractivity contribution in [3.05, 3.63) is 12.7 Å². The summed E-state index contributed by atoms with van der Waals surface area (Å²) in [4.78, 5) is 101. The number of hydrogen-bond donors (Lipinski definition) is 11. The Balaban J connectivity index is 0.978. The summed E-state index contributed by atoms with van der Waals surface area (Å²) in [6.07, 6.45) is 7.46. The van der Waals surface area contributed by atoms with E-state index in [2.05, 4.69) is 34.4 Å². The molecule has 2 aromatic rings. The fraction of sp³-hybridized carbons (Fsp3) is 0.812. The van der Waals surface area contributed by atoms with E-state index in [0.717, 1.165) is 80.4 Å². The van der Waals surface area contributed by atoms with Gasteiger partial charge < -0.3 is 70.6 Å². The summed E-state index contributed by atoms with van der Waals surface area (Å²) in [6.45, 7) is 4.07. The number of aliphatic hydroxyl groups excluding tert-OH is 4. The molecular formula is C48H84N7O22P3S. The van der Waals surface area contributed by atoms with Crippen LogP contribution in [0.4, 0.5) is 5.82 Å². The number of ether oxygens (including phenoxy) is 3. The van der Waals surface area contributed by atoms with Gasteiger partial charge in [0.15, 0.2) is 29.1 Å². The molecule has 2 aliphatic heterocycles. The third kappa shape index (κ3) is 25.7. The van der Waals surface area contributed by atoms with Crippen LogP contribution in [0.3, 0.4) is 0 Å². The number of phosphoric ester groups is 3. The molecule has 0 saturated carbocycles. The Kier molecular flexibility index (Phi) is 29.9. The average Bonchev–Trinajstić information content (AvgIpc) is 3.99. The van der Waals surface area contributed by atoms with Crippen molar-refractivity contribution in [1.29, 1.82) is 0 Å². The summed E-state index contributed by atoms with van der Waals surface area (Å²) >= 11 is 0.928. The van der Waals surface area contributed by atoms with Gasteiger partial charge in [0, 0.05) is 43.5 Å². The van der Waals surface area contributed by atoms with Crippen LogP contribution < -0.4 is 16.4 Å². The Morgan fingerprint density at radius 3 is 2.06 bits per heavy atom. The number of rotatable bonds is 40. The Hall–Kier alpha value is -2.93. The standard InChI is InChI=1S/C48H84N7O22P3S/c1-31(73-47-35(58)26-34(57)32(2)74-47)19-17-15-13-11-9-7-5-6-8-10-12-14-16-18-20-33(56)25-38(60)81-24-23-50-37(59)21-22-51-45(63)42(62)48(3,4)28-72-80(69,70)77-79(67,68)71-27-36-41(76-78(64,65)66)40(61)46(75-36)55-30-54-39-43(49)52-29-53-44(39)55/h29-32,34-36,40-42,46-47,57-58,61-62H,5-28H2,1-4H3,(H,50,59)(H,51,63)(H,67,68)(H,69,70)(H2,49,52,53)(H2,64,65,66)/t31-,32+,34-,35-,36-,40-,41-,42+,46-,47-/m1/s1.